The number of hydrogen-bond acceptors (Lipinski definition) is 6. The first-order valence-corrected chi connectivity index (χ1v) is 5.71. The molecule has 2 aliphatic rings. The maximum absolute atomic E-state index is 9.72. The number of nitrogens with zero attached hydrogens (tertiary/aromatic N) is 3. The van der Waals surface area contributed by atoms with Crippen LogP contribution in [0.2, 0.25) is 0 Å². The summed E-state index contributed by atoms with van der Waals surface area (Å²) in [6.07, 6.45) is -2.64. The zero-order valence-corrected chi connectivity index (χ0v) is 10.5. The van der Waals surface area contributed by atoms with Gasteiger partial charge >= 0.3 is 0 Å². The van der Waals surface area contributed by atoms with Gasteiger partial charge in [-0.3, -0.25) is 0 Å². The maximum Gasteiger partial charge on any atom is 0.166 e. The number of azide groups is 1. The molecule has 5 atom stereocenters. The Bertz CT molecular complexity index is 357. The summed E-state index contributed by atoms with van der Waals surface area (Å²) in [5.41, 5.74) is 8.47. The average Bonchev–Trinajstić information content (AvgIpc) is 2.81. The fourth-order valence-corrected chi connectivity index (χ4v) is 2.31. The molecular formula is C10H17N3O5. The van der Waals surface area contributed by atoms with E-state index >= 15 is 0 Å². The molecule has 1 unspecified atom stereocenters. The van der Waals surface area contributed by atoms with Gasteiger partial charge in [-0.25, -0.2) is 0 Å². The largest absolute Gasteiger partial charge is 0.378 e. The fraction of sp³-hybridized carbons (Fsp3) is 1.00. The van der Waals surface area contributed by atoms with Gasteiger partial charge in [-0.05, 0) is 19.4 Å². The molecule has 2 fully saturated rings. The van der Waals surface area contributed by atoms with Crippen molar-refractivity contribution in [2.24, 2.45) is 5.11 Å². The molecule has 0 spiro atoms. The molecule has 1 N–H and O–H groups in total. The van der Waals surface area contributed by atoms with Crippen LogP contribution in [-0.2, 0) is 18.9 Å². The predicted molar refractivity (Wildman–Crippen MR) is 59.5 cm³/mol. The van der Waals surface area contributed by atoms with Crippen molar-refractivity contribution in [1.29, 1.82) is 0 Å². The zero-order chi connectivity index (χ0) is 13.3. The van der Waals surface area contributed by atoms with Gasteiger partial charge in [-0.15, -0.1) is 0 Å². The standard InChI is InChI=1S/C10H17N3O5/c1-10(2)16-4-5(18-10)7-8(15-3)6(12-13-11)9(14)17-7/h5-9,14H,4H2,1-3H3/t5-,6+,7+,8+,9?/m0/s1. The van der Waals surface area contributed by atoms with Gasteiger partial charge < -0.3 is 24.1 Å². The molecular weight excluding hydrogens is 242 g/mol. The molecule has 2 heterocycles. The molecule has 0 bridgehead atoms. The number of methoxy groups -OCH3 is 1. The first-order chi connectivity index (χ1) is 8.48. The number of ether oxygens (including phenoxy) is 4. The van der Waals surface area contributed by atoms with Gasteiger partial charge in [0.25, 0.3) is 0 Å². The highest BCUT2D eigenvalue weighted by Crippen LogP contribution is 2.33. The first kappa shape index (κ1) is 13.5. The third-order valence-electron chi connectivity index (χ3n) is 3.10. The lowest BCUT2D eigenvalue weighted by atomic mass is 10.0. The van der Waals surface area contributed by atoms with Crippen molar-refractivity contribution in [1.82, 2.24) is 0 Å². The van der Waals surface area contributed by atoms with Gasteiger partial charge in [0.05, 0.1) is 12.7 Å². The third kappa shape index (κ3) is 2.44. The van der Waals surface area contributed by atoms with E-state index in [9.17, 15) is 5.11 Å². The van der Waals surface area contributed by atoms with E-state index in [1.807, 2.05) is 0 Å². The monoisotopic (exact) mass is 259 g/mol. The molecule has 8 nitrogen and oxygen atoms in total. The van der Waals surface area contributed by atoms with Gasteiger partial charge in [0.1, 0.15) is 18.2 Å². The van der Waals surface area contributed by atoms with Gasteiger partial charge in [-0.1, -0.05) is 5.11 Å². The lowest BCUT2D eigenvalue weighted by molar-refractivity contribution is -0.176. The van der Waals surface area contributed by atoms with Crippen LogP contribution in [0.3, 0.4) is 0 Å². The van der Waals surface area contributed by atoms with Crippen LogP contribution in [0.25, 0.3) is 10.4 Å². The Morgan fingerprint density at radius 2 is 2.22 bits per heavy atom. The second-order valence-corrected chi connectivity index (χ2v) is 4.75. The molecule has 2 aliphatic heterocycles. The lowest BCUT2D eigenvalue weighted by Gasteiger charge is -2.24. The van der Waals surface area contributed by atoms with Crippen molar-refractivity contribution in [3.63, 3.8) is 0 Å². The Hall–Kier alpha value is -0.890. The highest BCUT2D eigenvalue weighted by Gasteiger charge is 2.51. The van der Waals surface area contributed by atoms with E-state index < -0.39 is 30.3 Å². The first-order valence-electron chi connectivity index (χ1n) is 5.71. The summed E-state index contributed by atoms with van der Waals surface area (Å²) in [6.45, 7) is 3.93. The maximum atomic E-state index is 9.72. The van der Waals surface area contributed by atoms with Crippen molar-refractivity contribution in [2.45, 2.75) is 50.3 Å². The predicted octanol–water partition coefficient (Wildman–Crippen LogP) is 0.549. The van der Waals surface area contributed by atoms with Gasteiger partial charge in [-0.2, -0.15) is 0 Å². The highest BCUT2D eigenvalue weighted by molar-refractivity contribution is 4.97. The van der Waals surface area contributed by atoms with Crippen LogP contribution in [0, 0.1) is 0 Å². The molecule has 0 aromatic carbocycles. The van der Waals surface area contributed by atoms with E-state index in [-0.39, 0.29) is 6.10 Å². The summed E-state index contributed by atoms with van der Waals surface area (Å²) >= 11 is 0. The minimum atomic E-state index is -1.19. The number of aliphatic hydroxyl groups excluding tert-OH is 1. The van der Waals surface area contributed by atoms with Crippen LogP contribution < -0.4 is 0 Å². The summed E-state index contributed by atoms with van der Waals surface area (Å²) in [6, 6.07) is -0.780. The van der Waals surface area contributed by atoms with Gasteiger partial charge in [0.2, 0.25) is 0 Å². The van der Waals surface area contributed by atoms with Crippen LogP contribution in [-0.4, -0.2) is 55.3 Å². The molecule has 0 aliphatic carbocycles. The molecule has 0 aromatic heterocycles. The van der Waals surface area contributed by atoms with E-state index in [0.717, 1.165) is 0 Å². The quantitative estimate of drug-likeness (QED) is 0.452. The fourth-order valence-electron chi connectivity index (χ4n) is 2.31. The summed E-state index contributed by atoms with van der Waals surface area (Å²) < 4.78 is 21.7. The van der Waals surface area contributed by atoms with Gasteiger partial charge in [0, 0.05) is 12.0 Å². The normalized spacial score (nSPS) is 42.8. The Labute approximate surface area is 104 Å². The van der Waals surface area contributed by atoms with Crippen LogP contribution in [0.1, 0.15) is 13.8 Å². The van der Waals surface area contributed by atoms with Crippen molar-refractivity contribution >= 4 is 0 Å². The molecule has 102 valence electrons. The molecule has 2 saturated heterocycles. The molecule has 0 aromatic rings. The van der Waals surface area contributed by atoms with E-state index in [4.69, 9.17) is 24.5 Å². The average molecular weight is 259 g/mol. The third-order valence-corrected chi connectivity index (χ3v) is 3.10. The number of aliphatic hydroxyl groups is 1. The molecule has 18 heavy (non-hydrogen) atoms. The Morgan fingerprint density at radius 3 is 2.72 bits per heavy atom. The number of hydrogen-bond donors (Lipinski definition) is 1. The Balaban J connectivity index is 2.12. The minimum Gasteiger partial charge on any atom is -0.378 e. The second kappa shape index (κ2) is 5.00. The SMILES string of the molecule is CO[C@H]1[C@@H]([C@@H]2COC(C)(C)O2)OC(O)[C@@H]1N=[N+]=[N-]. The van der Waals surface area contributed by atoms with Crippen molar-refractivity contribution in [2.75, 3.05) is 13.7 Å². The van der Waals surface area contributed by atoms with Crippen LogP contribution in [0.4, 0.5) is 0 Å². The van der Waals surface area contributed by atoms with Crippen molar-refractivity contribution in [3.05, 3.63) is 10.4 Å². The lowest BCUT2D eigenvalue weighted by Crippen LogP contribution is -2.41. The molecule has 0 radical (unpaired) electrons. The summed E-state index contributed by atoms with van der Waals surface area (Å²) in [5, 5.41) is 13.2. The molecule has 0 saturated carbocycles. The molecule has 2 rings (SSSR count). The van der Waals surface area contributed by atoms with Crippen molar-refractivity contribution in [3.8, 4) is 0 Å². The Kier molecular flexibility index (Phi) is 3.76. The topological polar surface area (TPSA) is 106 Å². The van der Waals surface area contributed by atoms with Gasteiger partial charge in [0.15, 0.2) is 12.1 Å². The van der Waals surface area contributed by atoms with Crippen LogP contribution in [0.5, 0.6) is 0 Å². The van der Waals surface area contributed by atoms with E-state index in [1.54, 1.807) is 13.8 Å². The van der Waals surface area contributed by atoms with Crippen LogP contribution >= 0.6 is 0 Å². The highest BCUT2D eigenvalue weighted by atomic mass is 16.8. The van der Waals surface area contributed by atoms with E-state index in [2.05, 4.69) is 10.0 Å². The smallest absolute Gasteiger partial charge is 0.166 e. The summed E-state index contributed by atoms with van der Waals surface area (Å²) in [4.78, 5) is 2.69. The van der Waals surface area contributed by atoms with E-state index in [0.29, 0.717) is 6.61 Å². The molecule has 0 amide bonds. The Morgan fingerprint density at radius 1 is 1.50 bits per heavy atom. The zero-order valence-electron chi connectivity index (χ0n) is 10.5. The molecule has 8 heteroatoms. The van der Waals surface area contributed by atoms with Crippen LogP contribution in [0.15, 0.2) is 5.11 Å². The minimum absolute atomic E-state index is 0.341. The summed E-state index contributed by atoms with van der Waals surface area (Å²) in [5.74, 6) is -0.687. The second-order valence-electron chi connectivity index (χ2n) is 4.75. The van der Waals surface area contributed by atoms with E-state index in [1.165, 1.54) is 7.11 Å². The summed E-state index contributed by atoms with van der Waals surface area (Å²) in [7, 11) is 1.47. The van der Waals surface area contributed by atoms with Crippen molar-refractivity contribution < 1.29 is 24.1 Å². The number of rotatable bonds is 3.